The third-order valence-electron chi connectivity index (χ3n) is 5.03. The van der Waals surface area contributed by atoms with Crippen molar-refractivity contribution in [2.24, 2.45) is 0 Å². The van der Waals surface area contributed by atoms with Crippen LogP contribution >= 0.6 is 0 Å². The molecular weight excluding hydrogens is 370 g/mol. The number of carbonyl (C=O) groups excluding carboxylic acids is 1. The topological polar surface area (TPSA) is 102 Å². The Hall–Kier alpha value is -3.42. The first kappa shape index (κ1) is 20.3. The molecule has 8 heteroatoms. The molecule has 29 heavy (non-hydrogen) atoms. The third kappa shape index (κ3) is 4.06. The molecule has 0 saturated heterocycles. The van der Waals surface area contributed by atoms with E-state index in [0.29, 0.717) is 22.8 Å². The van der Waals surface area contributed by atoms with Gasteiger partial charge in [-0.25, -0.2) is 9.48 Å². The van der Waals surface area contributed by atoms with Crippen LogP contribution in [0.1, 0.15) is 65.0 Å². The van der Waals surface area contributed by atoms with Gasteiger partial charge in [0.15, 0.2) is 5.69 Å². The molecule has 2 heterocycles. The summed E-state index contributed by atoms with van der Waals surface area (Å²) in [6.45, 7) is 7.85. The fourth-order valence-corrected chi connectivity index (χ4v) is 3.39. The highest BCUT2D eigenvalue weighted by molar-refractivity contribution is 6.03. The molecule has 0 bridgehead atoms. The lowest BCUT2D eigenvalue weighted by atomic mass is 10.2. The van der Waals surface area contributed by atoms with E-state index in [-0.39, 0.29) is 17.5 Å². The summed E-state index contributed by atoms with van der Waals surface area (Å²) < 4.78 is 3.44. The van der Waals surface area contributed by atoms with Gasteiger partial charge in [0.2, 0.25) is 0 Å². The first-order valence-corrected chi connectivity index (χ1v) is 9.61. The number of carbonyl (C=O) groups is 2. The van der Waals surface area contributed by atoms with Gasteiger partial charge in [0.25, 0.3) is 5.91 Å². The number of aryl methyl sites for hydroxylation is 1. The van der Waals surface area contributed by atoms with Gasteiger partial charge in [0.1, 0.15) is 5.56 Å². The molecule has 3 aromatic rings. The molecular formula is C21H25N5O3. The Bertz CT molecular complexity index is 1050. The average Bonchev–Trinajstić information content (AvgIpc) is 3.26. The van der Waals surface area contributed by atoms with Gasteiger partial charge in [-0.1, -0.05) is 19.9 Å². The maximum absolute atomic E-state index is 12.7. The van der Waals surface area contributed by atoms with Crippen molar-refractivity contribution in [3.8, 4) is 5.69 Å². The van der Waals surface area contributed by atoms with Crippen LogP contribution in [-0.2, 0) is 0 Å². The predicted octanol–water partition coefficient (Wildman–Crippen LogP) is 4.00. The minimum Gasteiger partial charge on any atom is -0.478 e. The van der Waals surface area contributed by atoms with Crippen molar-refractivity contribution >= 4 is 17.6 Å². The van der Waals surface area contributed by atoms with Crippen molar-refractivity contribution in [3.63, 3.8) is 0 Å². The quantitative estimate of drug-likeness (QED) is 0.630. The van der Waals surface area contributed by atoms with Crippen LogP contribution in [-0.4, -0.2) is 36.5 Å². The van der Waals surface area contributed by atoms with Gasteiger partial charge < -0.3 is 10.4 Å². The Kier molecular flexibility index (Phi) is 5.81. The van der Waals surface area contributed by atoms with E-state index in [4.69, 9.17) is 0 Å². The van der Waals surface area contributed by atoms with E-state index in [1.165, 1.54) is 10.9 Å². The van der Waals surface area contributed by atoms with E-state index in [2.05, 4.69) is 29.4 Å². The SMILES string of the molecule is CCC(CC)n1nc(C(=O)Nc2cccc(-n3ncc(C(=O)O)c3C)c2)cc1C. The molecule has 1 aromatic carbocycles. The number of carboxylic acid groups (broad SMARTS) is 1. The molecule has 0 atom stereocenters. The average molecular weight is 395 g/mol. The number of hydrogen-bond donors (Lipinski definition) is 2. The summed E-state index contributed by atoms with van der Waals surface area (Å²) in [7, 11) is 0. The minimum absolute atomic E-state index is 0.141. The van der Waals surface area contributed by atoms with Crippen LogP contribution in [0.3, 0.4) is 0 Å². The van der Waals surface area contributed by atoms with E-state index in [1.807, 2.05) is 11.6 Å². The Balaban J connectivity index is 1.83. The lowest BCUT2D eigenvalue weighted by Gasteiger charge is -2.14. The van der Waals surface area contributed by atoms with Crippen LogP contribution in [0.15, 0.2) is 36.5 Å². The predicted molar refractivity (Wildman–Crippen MR) is 110 cm³/mol. The number of anilines is 1. The van der Waals surface area contributed by atoms with Gasteiger partial charge in [-0.3, -0.25) is 9.48 Å². The van der Waals surface area contributed by atoms with E-state index in [0.717, 1.165) is 18.5 Å². The van der Waals surface area contributed by atoms with Crippen LogP contribution in [0.2, 0.25) is 0 Å². The number of carboxylic acids is 1. The number of aromatic carboxylic acids is 1. The van der Waals surface area contributed by atoms with E-state index in [9.17, 15) is 14.7 Å². The standard InChI is InChI=1S/C21H25N5O3/c1-5-16(6-2)25-13(3)10-19(24-25)20(27)23-15-8-7-9-17(11-15)26-14(4)18(12-22-26)21(28)29/h7-12,16H,5-6H2,1-4H3,(H,23,27)(H,28,29). The number of aromatic nitrogens is 4. The molecule has 0 spiro atoms. The van der Waals surface area contributed by atoms with E-state index >= 15 is 0 Å². The molecule has 2 aromatic heterocycles. The first-order chi connectivity index (χ1) is 13.8. The van der Waals surface area contributed by atoms with Gasteiger partial charge in [0.05, 0.1) is 23.6 Å². The van der Waals surface area contributed by atoms with Crippen LogP contribution in [0.5, 0.6) is 0 Å². The number of amides is 1. The molecule has 3 rings (SSSR count). The van der Waals surface area contributed by atoms with Gasteiger partial charge >= 0.3 is 5.97 Å². The van der Waals surface area contributed by atoms with E-state index < -0.39 is 5.97 Å². The van der Waals surface area contributed by atoms with Gasteiger partial charge in [-0.2, -0.15) is 10.2 Å². The Morgan fingerprint density at radius 3 is 2.52 bits per heavy atom. The highest BCUT2D eigenvalue weighted by Gasteiger charge is 2.17. The number of hydrogen-bond acceptors (Lipinski definition) is 4. The monoisotopic (exact) mass is 395 g/mol. The zero-order valence-corrected chi connectivity index (χ0v) is 17.0. The second-order valence-corrected chi connectivity index (χ2v) is 6.95. The molecule has 0 unspecified atom stereocenters. The van der Waals surface area contributed by atoms with Gasteiger partial charge in [-0.05, 0) is 51.0 Å². The largest absolute Gasteiger partial charge is 0.478 e. The van der Waals surface area contributed by atoms with Crippen molar-refractivity contribution in [1.82, 2.24) is 19.6 Å². The molecule has 0 saturated carbocycles. The van der Waals surface area contributed by atoms with Crippen LogP contribution in [0.25, 0.3) is 5.69 Å². The zero-order chi connectivity index (χ0) is 21.1. The maximum Gasteiger partial charge on any atom is 0.339 e. The summed E-state index contributed by atoms with van der Waals surface area (Å²) in [6.07, 6.45) is 3.21. The second-order valence-electron chi connectivity index (χ2n) is 6.95. The smallest absolute Gasteiger partial charge is 0.339 e. The molecule has 1 amide bonds. The molecule has 0 radical (unpaired) electrons. The maximum atomic E-state index is 12.7. The summed E-state index contributed by atoms with van der Waals surface area (Å²) in [5, 5.41) is 20.7. The molecule has 0 aliphatic carbocycles. The first-order valence-electron chi connectivity index (χ1n) is 9.61. The Morgan fingerprint density at radius 2 is 1.90 bits per heavy atom. The number of benzene rings is 1. The molecule has 8 nitrogen and oxygen atoms in total. The fraction of sp³-hybridized carbons (Fsp3) is 0.333. The summed E-state index contributed by atoms with van der Waals surface area (Å²) in [6, 6.07) is 9.14. The molecule has 2 N–H and O–H groups in total. The highest BCUT2D eigenvalue weighted by Crippen LogP contribution is 2.20. The summed E-state index contributed by atoms with van der Waals surface area (Å²) >= 11 is 0. The number of rotatable bonds is 7. The van der Waals surface area contributed by atoms with Crippen molar-refractivity contribution < 1.29 is 14.7 Å². The molecule has 0 aliphatic heterocycles. The lowest BCUT2D eigenvalue weighted by molar-refractivity contribution is 0.0696. The summed E-state index contributed by atoms with van der Waals surface area (Å²) in [4.78, 5) is 23.9. The van der Waals surface area contributed by atoms with Crippen LogP contribution in [0, 0.1) is 13.8 Å². The Labute approximate surface area is 169 Å². The lowest BCUT2D eigenvalue weighted by Crippen LogP contribution is -2.15. The van der Waals surface area contributed by atoms with Gasteiger partial charge in [0, 0.05) is 11.4 Å². The molecule has 0 aliphatic rings. The van der Waals surface area contributed by atoms with Crippen molar-refractivity contribution in [2.45, 2.75) is 46.6 Å². The van der Waals surface area contributed by atoms with Crippen molar-refractivity contribution in [2.75, 3.05) is 5.32 Å². The highest BCUT2D eigenvalue weighted by atomic mass is 16.4. The Morgan fingerprint density at radius 1 is 1.17 bits per heavy atom. The van der Waals surface area contributed by atoms with Crippen LogP contribution in [0.4, 0.5) is 5.69 Å². The van der Waals surface area contributed by atoms with Crippen molar-refractivity contribution in [1.29, 1.82) is 0 Å². The summed E-state index contributed by atoms with van der Waals surface area (Å²) in [5.41, 5.74) is 3.21. The normalized spacial score (nSPS) is 11.1. The van der Waals surface area contributed by atoms with Crippen molar-refractivity contribution in [3.05, 3.63) is 59.2 Å². The molecule has 0 fully saturated rings. The number of nitrogens with zero attached hydrogens (tertiary/aromatic N) is 4. The van der Waals surface area contributed by atoms with Gasteiger partial charge in [-0.15, -0.1) is 0 Å². The minimum atomic E-state index is -1.03. The zero-order valence-electron chi connectivity index (χ0n) is 17.0. The van der Waals surface area contributed by atoms with E-state index in [1.54, 1.807) is 37.3 Å². The van der Waals surface area contributed by atoms with Crippen LogP contribution < -0.4 is 5.32 Å². The summed E-state index contributed by atoms with van der Waals surface area (Å²) in [5.74, 6) is -1.32. The fourth-order valence-electron chi connectivity index (χ4n) is 3.39. The third-order valence-corrected chi connectivity index (χ3v) is 5.03. The number of nitrogens with one attached hydrogen (secondary N) is 1. The molecule has 152 valence electrons. The second kappa shape index (κ2) is 8.30.